The molecule has 4 rings (SSSR count). The van der Waals surface area contributed by atoms with Crippen LogP contribution in [0.4, 0.5) is 16.2 Å². The molecule has 6 nitrogen and oxygen atoms in total. The molecular formula is C19H25FN6. The normalized spacial score (nSPS) is 18.2. The zero-order valence-electron chi connectivity index (χ0n) is 15.4. The lowest BCUT2D eigenvalue weighted by molar-refractivity contribution is 0.403. The fraction of sp³-hybridized carbons (Fsp3) is 0.579. The molecule has 0 amide bonds. The Morgan fingerprint density at radius 3 is 2.62 bits per heavy atom. The minimum atomic E-state index is -0.233. The maximum atomic E-state index is 14.7. The average molecular weight is 356 g/mol. The van der Waals surface area contributed by atoms with Crippen molar-refractivity contribution in [2.45, 2.75) is 38.5 Å². The summed E-state index contributed by atoms with van der Waals surface area (Å²) < 4.78 is 14.7. The van der Waals surface area contributed by atoms with E-state index < -0.39 is 0 Å². The lowest BCUT2D eigenvalue weighted by atomic mass is 9.96. The van der Waals surface area contributed by atoms with Crippen molar-refractivity contribution in [2.75, 3.05) is 36.5 Å². The van der Waals surface area contributed by atoms with Gasteiger partial charge < -0.3 is 9.80 Å². The van der Waals surface area contributed by atoms with Crippen molar-refractivity contribution in [1.82, 2.24) is 19.9 Å². The molecule has 1 aliphatic carbocycles. The van der Waals surface area contributed by atoms with Crippen LogP contribution in [-0.4, -0.2) is 46.6 Å². The Labute approximate surface area is 153 Å². The molecule has 0 N–H and O–H groups in total. The monoisotopic (exact) mass is 356 g/mol. The molecular weight excluding hydrogens is 331 g/mol. The first kappa shape index (κ1) is 17.1. The summed E-state index contributed by atoms with van der Waals surface area (Å²) in [7, 11) is 1.93. The first-order valence-corrected chi connectivity index (χ1v) is 9.38. The van der Waals surface area contributed by atoms with E-state index in [0.717, 1.165) is 57.0 Å². The van der Waals surface area contributed by atoms with Crippen LogP contribution in [0, 0.1) is 18.7 Å². The summed E-state index contributed by atoms with van der Waals surface area (Å²) in [5, 5.41) is 0. The highest BCUT2D eigenvalue weighted by atomic mass is 19.1. The predicted octanol–water partition coefficient (Wildman–Crippen LogP) is 2.94. The quantitative estimate of drug-likeness (QED) is 0.821. The molecule has 26 heavy (non-hydrogen) atoms. The first-order chi connectivity index (χ1) is 12.6. The van der Waals surface area contributed by atoms with Crippen molar-refractivity contribution in [3.05, 3.63) is 35.8 Å². The average Bonchev–Trinajstić information content (AvgIpc) is 3.47. The molecule has 138 valence electrons. The summed E-state index contributed by atoms with van der Waals surface area (Å²) in [5.74, 6) is 1.82. The van der Waals surface area contributed by atoms with Gasteiger partial charge in [-0.25, -0.2) is 24.3 Å². The van der Waals surface area contributed by atoms with Gasteiger partial charge in [0, 0.05) is 44.5 Å². The summed E-state index contributed by atoms with van der Waals surface area (Å²) in [6.45, 7) is 4.66. The van der Waals surface area contributed by atoms with Crippen molar-refractivity contribution >= 4 is 11.8 Å². The van der Waals surface area contributed by atoms with Crippen molar-refractivity contribution in [3.63, 3.8) is 0 Å². The molecule has 0 spiro atoms. The van der Waals surface area contributed by atoms with E-state index in [1.807, 2.05) is 31.1 Å². The Kier molecular flexibility index (Phi) is 4.70. The first-order valence-electron chi connectivity index (χ1n) is 9.38. The van der Waals surface area contributed by atoms with Gasteiger partial charge in [-0.15, -0.1) is 0 Å². The summed E-state index contributed by atoms with van der Waals surface area (Å²) in [4.78, 5) is 21.4. The van der Waals surface area contributed by atoms with Gasteiger partial charge in [-0.1, -0.05) is 0 Å². The van der Waals surface area contributed by atoms with Gasteiger partial charge in [-0.2, -0.15) is 0 Å². The second-order valence-electron chi connectivity index (χ2n) is 7.48. The van der Waals surface area contributed by atoms with Crippen LogP contribution in [0.2, 0.25) is 0 Å². The highest BCUT2D eigenvalue weighted by molar-refractivity contribution is 5.42. The number of hydrogen-bond donors (Lipinski definition) is 0. The molecule has 1 saturated carbocycles. The Bertz CT molecular complexity index is 770. The van der Waals surface area contributed by atoms with Gasteiger partial charge in [0.05, 0.1) is 5.69 Å². The van der Waals surface area contributed by atoms with Crippen molar-refractivity contribution in [2.24, 2.45) is 5.92 Å². The smallest absolute Gasteiger partial charge is 0.225 e. The van der Waals surface area contributed by atoms with Crippen LogP contribution in [0.25, 0.3) is 0 Å². The molecule has 0 unspecified atom stereocenters. The van der Waals surface area contributed by atoms with Crippen molar-refractivity contribution in [3.8, 4) is 0 Å². The molecule has 3 heterocycles. The van der Waals surface area contributed by atoms with E-state index in [1.165, 1.54) is 6.33 Å². The van der Waals surface area contributed by atoms with Gasteiger partial charge in [0.2, 0.25) is 5.95 Å². The van der Waals surface area contributed by atoms with Crippen molar-refractivity contribution in [1.29, 1.82) is 0 Å². The third-order valence-corrected chi connectivity index (χ3v) is 5.34. The summed E-state index contributed by atoms with van der Waals surface area (Å²) in [5.41, 5.74) is 1.58. The van der Waals surface area contributed by atoms with E-state index in [-0.39, 0.29) is 5.82 Å². The molecule has 2 fully saturated rings. The molecule has 2 aliphatic rings. The zero-order chi connectivity index (χ0) is 18.1. The molecule has 0 aromatic carbocycles. The standard InChI is InChI=1S/C19H25FN6/c1-13-5-8-21-19(24-13)26-9-6-14(7-10-26)11-25(2)18-16(20)17(15-3-4-15)22-12-23-18/h5,8,12,14-15H,3-4,6-7,9-11H2,1-2H3. The Morgan fingerprint density at radius 2 is 1.92 bits per heavy atom. The highest BCUT2D eigenvalue weighted by Gasteiger charge is 2.31. The summed E-state index contributed by atoms with van der Waals surface area (Å²) >= 11 is 0. The zero-order valence-corrected chi connectivity index (χ0v) is 15.4. The molecule has 0 radical (unpaired) electrons. The number of anilines is 2. The van der Waals surface area contributed by atoms with Crippen LogP contribution in [0.1, 0.15) is 43.0 Å². The van der Waals surface area contributed by atoms with Gasteiger partial charge in [-0.3, -0.25) is 0 Å². The summed E-state index contributed by atoms with van der Waals surface area (Å²) in [6.07, 6.45) is 7.48. The SMILES string of the molecule is Cc1ccnc(N2CCC(CN(C)c3ncnc(C4CC4)c3F)CC2)n1. The number of aromatic nitrogens is 4. The number of aryl methyl sites for hydroxylation is 1. The lowest BCUT2D eigenvalue weighted by Gasteiger charge is -2.34. The molecule has 1 aliphatic heterocycles. The van der Waals surface area contributed by atoms with E-state index in [0.29, 0.717) is 23.3 Å². The van der Waals surface area contributed by atoms with Gasteiger partial charge in [0.1, 0.15) is 6.33 Å². The predicted molar refractivity (Wildman–Crippen MR) is 98.9 cm³/mol. The van der Waals surface area contributed by atoms with E-state index in [1.54, 1.807) is 0 Å². The Morgan fingerprint density at radius 1 is 1.15 bits per heavy atom. The van der Waals surface area contributed by atoms with Crippen LogP contribution in [0.15, 0.2) is 18.6 Å². The van der Waals surface area contributed by atoms with E-state index in [4.69, 9.17) is 0 Å². The molecule has 2 aromatic heterocycles. The van der Waals surface area contributed by atoms with Gasteiger partial charge in [-0.05, 0) is 44.6 Å². The Balaban J connectivity index is 1.36. The third kappa shape index (κ3) is 3.61. The lowest BCUT2D eigenvalue weighted by Crippen LogP contribution is -2.39. The largest absolute Gasteiger partial charge is 0.357 e. The fourth-order valence-electron chi connectivity index (χ4n) is 3.66. The van der Waals surface area contributed by atoms with Crippen LogP contribution in [-0.2, 0) is 0 Å². The molecule has 1 saturated heterocycles. The minimum absolute atomic E-state index is 0.233. The Hall–Kier alpha value is -2.31. The van der Waals surface area contributed by atoms with Crippen LogP contribution in [0.3, 0.4) is 0 Å². The van der Waals surface area contributed by atoms with Gasteiger partial charge in [0.15, 0.2) is 11.6 Å². The molecule has 0 atom stereocenters. The highest BCUT2D eigenvalue weighted by Crippen LogP contribution is 2.41. The number of hydrogen-bond acceptors (Lipinski definition) is 6. The molecule has 2 aromatic rings. The number of piperidine rings is 1. The minimum Gasteiger partial charge on any atom is -0.357 e. The van der Waals surface area contributed by atoms with Crippen LogP contribution < -0.4 is 9.80 Å². The van der Waals surface area contributed by atoms with Gasteiger partial charge in [0.25, 0.3) is 0 Å². The van der Waals surface area contributed by atoms with Crippen molar-refractivity contribution < 1.29 is 4.39 Å². The number of halogens is 1. The number of nitrogens with zero attached hydrogens (tertiary/aromatic N) is 6. The van der Waals surface area contributed by atoms with Crippen LogP contribution in [0.5, 0.6) is 0 Å². The van der Waals surface area contributed by atoms with Gasteiger partial charge >= 0.3 is 0 Å². The van der Waals surface area contributed by atoms with E-state index >= 15 is 0 Å². The maximum Gasteiger partial charge on any atom is 0.225 e. The number of rotatable bonds is 5. The summed E-state index contributed by atoms with van der Waals surface area (Å²) in [6, 6.07) is 1.91. The van der Waals surface area contributed by atoms with E-state index in [9.17, 15) is 4.39 Å². The fourth-order valence-corrected chi connectivity index (χ4v) is 3.66. The topological polar surface area (TPSA) is 58.0 Å². The second kappa shape index (κ2) is 7.13. The maximum absolute atomic E-state index is 14.7. The molecule has 7 heteroatoms. The van der Waals surface area contributed by atoms with E-state index in [2.05, 4.69) is 24.8 Å². The van der Waals surface area contributed by atoms with Crippen LogP contribution >= 0.6 is 0 Å². The third-order valence-electron chi connectivity index (χ3n) is 5.34. The molecule has 0 bridgehead atoms. The second-order valence-corrected chi connectivity index (χ2v) is 7.48.